The van der Waals surface area contributed by atoms with E-state index in [0.717, 1.165) is 0 Å². The molecule has 5 unspecified atom stereocenters. The van der Waals surface area contributed by atoms with Crippen LogP contribution in [0.3, 0.4) is 0 Å². The van der Waals surface area contributed by atoms with Crippen LogP contribution in [0, 0.1) is 0 Å². The quantitative estimate of drug-likeness (QED) is 0.282. The van der Waals surface area contributed by atoms with E-state index in [0.29, 0.717) is 25.9 Å². The fourth-order valence-corrected chi connectivity index (χ4v) is 2.32. The second-order valence-electron chi connectivity index (χ2n) is 5.10. The fourth-order valence-electron chi connectivity index (χ4n) is 2.32. The Hall–Kier alpha value is 0.230. The SMILES string of the molecule is COC1OC(CN)C(OCCCCCC(=O)[O-])C(O)C1N.[Na+]. The zero-order valence-corrected chi connectivity index (χ0v) is 15.3. The van der Waals surface area contributed by atoms with E-state index in [-0.39, 0.29) is 42.5 Å². The van der Waals surface area contributed by atoms with Crippen LogP contribution in [0.1, 0.15) is 25.7 Å². The van der Waals surface area contributed by atoms with Gasteiger partial charge in [0.25, 0.3) is 0 Å². The summed E-state index contributed by atoms with van der Waals surface area (Å²) in [4.78, 5) is 10.3. The largest absolute Gasteiger partial charge is 1.00 e. The molecule has 5 N–H and O–H groups in total. The first kappa shape index (κ1) is 22.2. The molecule has 8 nitrogen and oxygen atoms in total. The van der Waals surface area contributed by atoms with Crippen molar-refractivity contribution < 1.29 is 58.8 Å². The van der Waals surface area contributed by atoms with Crippen molar-refractivity contribution in [3.63, 3.8) is 0 Å². The Balaban J connectivity index is 0.00000441. The number of nitrogens with two attached hydrogens (primary N) is 2. The van der Waals surface area contributed by atoms with Crippen LogP contribution in [-0.2, 0) is 19.0 Å². The van der Waals surface area contributed by atoms with E-state index in [1.165, 1.54) is 7.11 Å². The second-order valence-corrected chi connectivity index (χ2v) is 5.10. The summed E-state index contributed by atoms with van der Waals surface area (Å²) in [6, 6.07) is -0.708. The van der Waals surface area contributed by atoms with Gasteiger partial charge in [-0.3, -0.25) is 0 Å². The summed E-state index contributed by atoms with van der Waals surface area (Å²) in [7, 11) is 1.45. The number of methoxy groups -OCH3 is 1. The number of carbonyl (C=O) groups is 1. The van der Waals surface area contributed by atoms with Gasteiger partial charge >= 0.3 is 29.6 Å². The van der Waals surface area contributed by atoms with Gasteiger partial charge in [-0.25, -0.2) is 0 Å². The van der Waals surface area contributed by atoms with Crippen molar-refractivity contribution >= 4 is 5.97 Å². The van der Waals surface area contributed by atoms with Crippen LogP contribution < -0.4 is 46.1 Å². The summed E-state index contributed by atoms with van der Waals surface area (Å²) in [6.45, 7) is 0.554. The molecule has 0 radical (unpaired) electrons. The van der Waals surface area contributed by atoms with Gasteiger partial charge in [0.2, 0.25) is 0 Å². The Morgan fingerprint density at radius 2 is 2.05 bits per heavy atom. The van der Waals surface area contributed by atoms with Crippen molar-refractivity contribution in [2.24, 2.45) is 11.5 Å². The van der Waals surface area contributed by atoms with E-state index in [4.69, 9.17) is 25.7 Å². The zero-order valence-electron chi connectivity index (χ0n) is 13.3. The number of ether oxygens (including phenoxy) is 3. The standard InChI is InChI=1S/C13H26N2O6.Na/c1-19-13-10(15)11(18)12(8(7-14)21-13)20-6-4-2-3-5-9(16)17;/h8,10-13,18H,2-7,14-15H2,1H3,(H,16,17);/q;+1/p-1. The van der Waals surface area contributed by atoms with Gasteiger partial charge in [0.15, 0.2) is 6.29 Å². The molecule has 0 aromatic carbocycles. The summed E-state index contributed by atoms with van der Waals surface area (Å²) in [5, 5.41) is 20.4. The predicted octanol–water partition coefficient (Wildman–Crippen LogP) is -5.30. The molecule has 1 aliphatic heterocycles. The van der Waals surface area contributed by atoms with E-state index in [2.05, 4.69) is 0 Å². The van der Waals surface area contributed by atoms with Crippen LogP contribution in [-0.4, -0.2) is 62.0 Å². The van der Waals surface area contributed by atoms with Crippen LogP contribution in [0.2, 0.25) is 0 Å². The number of rotatable bonds is 9. The van der Waals surface area contributed by atoms with Gasteiger partial charge in [0.05, 0.1) is 6.04 Å². The number of carboxylic acid groups (broad SMARTS) is 1. The van der Waals surface area contributed by atoms with Crippen molar-refractivity contribution in [1.29, 1.82) is 0 Å². The van der Waals surface area contributed by atoms with Crippen molar-refractivity contribution in [3.8, 4) is 0 Å². The first-order chi connectivity index (χ1) is 10.0. The van der Waals surface area contributed by atoms with Gasteiger partial charge < -0.3 is 40.7 Å². The number of carbonyl (C=O) groups excluding carboxylic acids is 1. The number of aliphatic hydroxyl groups excluding tert-OH is 1. The minimum Gasteiger partial charge on any atom is -0.550 e. The number of aliphatic carboxylic acids is 1. The number of hydrogen-bond donors (Lipinski definition) is 3. The number of carboxylic acids is 1. The van der Waals surface area contributed by atoms with Crippen molar-refractivity contribution in [2.75, 3.05) is 20.3 Å². The van der Waals surface area contributed by atoms with Gasteiger partial charge in [-0.1, -0.05) is 6.42 Å². The number of hydrogen-bond acceptors (Lipinski definition) is 8. The number of aliphatic hydroxyl groups is 1. The summed E-state index contributed by atoms with van der Waals surface area (Å²) in [6.07, 6.45) is -0.779. The molecular formula is C13H25N2NaO6. The first-order valence-corrected chi connectivity index (χ1v) is 7.14. The Labute approximate surface area is 152 Å². The molecule has 1 fully saturated rings. The molecule has 1 rings (SSSR count). The molecule has 9 heteroatoms. The first-order valence-electron chi connectivity index (χ1n) is 7.14. The molecule has 0 amide bonds. The van der Waals surface area contributed by atoms with E-state index >= 15 is 0 Å². The molecule has 124 valence electrons. The molecule has 1 aliphatic rings. The second kappa shape index (κ2) is 11.7. The molecular weight excluding hydrogens is 303 g/mol. The molecule has 0 aromatic rings. The van der Waals surface area contributed by atoms with Crippen LogP contribution in [0.5, 0.6) is 0 Å². The van der Waals surface area contributed by atoms with Crippen LogP contribution in [0.4, 0.5) is 0 Å². The van der Waals surface area contributed by atoms with Crippen molar-refractivity contribution in [1.82, 2.24) is 0 Å². The van der Waals surface area contributed by atoms with Gasteiger partial charge in [-0.2, -0.15) is 0 Å². The smallest absolute Gasteiger partial charge is 0.550 e. The fraction of sp³-hybridized carbons (Fsp3) is 0.923. The van der Waals surface area contributed by atoms with Crippen LogP contribution >= 0.6 is 0 Å². The monoisotopic (exact) mass is 328 g/mol. The predicted molar refractivity (Wildman–Crippen MR) is 71.9 cm³/mol. The molecule has 0 aromatic heterocycles. The van der Waals surface area contributed by atoms with Crippen molar-refractivity contribution in [3.05, 3.63) is 0 Å². The average molecular weight is 328 g/mol. The van der Waals surface area contributed by atoms with Crippen LogP contribution in [0.25, 0.3) is 0 Å². The van der Waals surface area contributed by atoms with E-state index < -0.39 is 36.6 Å². The summed E-state index contributed by atoms with van der Waals surface area (Å²) >= 11 is 0. The molecule has 0 bridgehead atoms. The summed E-state index contributed by atoms with van der Waals surface area (Å²) in [5.74, 6) is -1.05. The minimum absolute atomic E-state index is 0. The van der Waals surface area contributed by atoms with E-state index in [9.17, 15) is 15.0 Å². The van der Waals surface area contributed by atoms with Gasteiger partial charge in [0.1, 0.15) is 18.3 Å². The third kappa shape index (κ3) is 6.77. The van der Waals surface area contributed by atoms with Gasteiger partial charge in [-0.05, 0) is 19.3 Å². The maximum absolute atomic E-state index is 10.3. The Morgan fingerprint density at radius 3 is 2.59 bits per heavy atom. The van der Waals surface area contributed by atoms with E-state index in [1.807, 2.05) is 0 Å². The van der Waals surface area contributed by atoms with E-state index in [1.54, 1.807) is 0 Å². The Kier molecular flexibility index (Phi) is 11.8. The van der Waals surface area contributed by atoms with Gasteiger partial charge in [-0.15, -0.1) is 0 Å². The normalized spacial score (nSPS) is 31.5. The maximum atomic E-state index is 10.3. The average Bonchev–Trinajstić information content (AvgIpc) is 2.46. The molecule has 1 saturated heterocycles. The molecule has 0 saturated carbocycles. The minimum atomic E-state index is -1.05. The molecule has 0 spiro atoms. The Bertz CT molecular complexity index is 321. The van der Waals surface area contributed by atoms with Crippen molar-refractivity contribution in [2.45, 2.75) is 56.3 Å². The topological polar surface area (TPSA) is 140 Å². The molecule has 22 heavy (non-hydrogen) atoms. The third-order valence-corrected chi connectivity index (χ3v) is 3.52. The maximum Gasteiger partial charge on any atom is 1.00 e. The molecule has 0 aliphatic carbocycles. The summed E-state index contributed by atoms with van der Waals surface area (Å²) < 4.78 is 16.2. The Morgan fingerprint density at radius 1 is 1.36 bits per heavy atom. The van der Waals surface area contributed by atoms with Gasteiger partial charge in [0, 0.05) is 26.2 Å². The molecule has 5 atom stereocenters. The zero-order chi connectivity index (χ0) is 15.8. The summed E-state index contributed by atoms with van der Waals surface area (Å²) in [5.41, 5.74) is 11.5. The molecule has 1 heterocycles. The number of unbranched alkanes of at least 4 members (excludes halogenated alkanes) is 2. The van der Waals surface area contributed by atoms with Crippen LogP contribution in [0.15, 0.2) is 0 Å². The third-order valence-electron chi connectivity index (χ3n) is 3.52.